The molecule has 122 valence electrons. The molecule has 0 bridgehead atoms. The van der Waals surface area contributed by atoms with Crippen molar-refractivity contribution < 1.29 is 19.8 Å². The number of hydrogen-bond acceptors (Lipinski definition) is 3. The Labute approximate surface area is 131 Å². The lowest BCUT2D eigenvalue weighted by Gasteiger charge is -2.05. The van der Waals surface area contributed by atoms with E-state index in [0.29, 0.717) is 19.4 Å². The summed E-state index contributed by atoms with van der Waals surface area (Å²) in [6.07, 6.45) is 5.97. The molecule has 0 spiro atoms. The summed E-state index contributed by atoms with van der Waals surface area (Å²) < 4.78 is 0. The van der Waals surface area contributed by atoms with Crippen LogP contribution in [0.15, 0.2) is 24.3 Å². The Morgan fingerprint density at radius 2 is 1.55 bits per heavy atom. The minimum atomic E-state index is -0.735. The summed E-state index contributed by atoms with van der Waals surface area (Å²) in [5.41, 5.74) is 1.03. The van der Waals surface area contributed by atoms with Gasteiger partial charge in [-0.3, -0.25) is 9.59 Å². The zero-order valence-corrected chi connectivity index (χ0v) is 12.9. The largest absolute Gasteiger partial charge is 0.508 e. The average Bonchev–Trinajstić information content (AvgIpc) is 2.49. The first-order valence-corrected chi connectivity index (χ1v) is 7.84. The van der Waals surface area contributed by atoms with Gasteiger partial charge in [0.2, 0.25) is 5.91 Å². The highest BCUT2D eigenvalue weighted by molar-refractivity contribution is 5.76. The third-order valence-corrected chi connectivity index (χ3v) is 3.47. The van der Waals surface area contributed by atoms with E-state index in [-0.39, 0.29) is 18.1 Å². The first kappa shape index (κ1) is 18.0. The molecule has 0 saturated carbocycles. The smallest absolute Gasteiger partial charge is 0.303 e. The molecule has 0 aliphatic heterocycles. The average molecular weight is 307 g/mol. The number of carboxylic acid groups (broad SMARTS) is 1. The predicted octanol–water partition coefficient (Wildman–Crippen LogP) is 2.87. The Kier molecular flexibility index (Phi) is 8.72. The van der Waals surface area contributed by atoms with Crippen molar-refractivity contribution in [2.24, 2.45) is 0 Å². The number of carboxylic acids is 1. The third kappa shape index (κ3) is 9.00. The van der Waals surface area contributed by atoms with Crippen LogP contribution in [0.2, 0.25) is 0 Å². The van der Waals surface area contributed by atoms with Gasteiger partial charge in [-0.15, -0.1) is 0 Å². The number of carbonyl (C=O) groups excluding carboxylic acids is 1. The molecule has 0 unspecified atom stereocenters. The van der Waals surface area contributed by atoms with Crippen LogP contribution in [0.4, 0.5) is 0 Å². The second-order valence-corrected chi connectivity index (χ2v) is 5.43. The fraction of sp³-hybridized carbons (Fsp3) is 0.529. The Morgan fingerprint density at radius 3 is 2.23 bits per heavy atom. The van der Waals surface area contributed by atoms with Crippen LogP contribution in [-0.2, 0) is 16.0 Å². The number of amides is 1. The van der Waals surface area contributed by atoms with Crippen molar-refractivity contribution >= 4 is 11.9 Å². The zero-order valence-electron chi connectivity index (χ0n) is 12.9. The van der Waals surface area contributed by atoms with Crippen LogP contribution in [0.1, 0.15) is 50.5 Å². The highest BCUT2D eigenvalue weighted by Crippen LogP contribution is 2.11. The Morgan fingerprint density at radius 1 is 0.909 bits per heavy atom. The van der Waals surface area contributed by atoms with Gasteiger partial charge in [0.25, 0.3) is 0 Å². The van der Waals surface area contributed by atoms with Crippen LogP contribution in [0.5, 0.6) is 5.75 Å². The number of phenolic OH excluding ortho intramolecular Hbond substituents is 1. The fourth-order valence-electron chi connectivity index (χ4n) is 2.17. The first-order valence-electron chi connectivity index (χ1n) is 7.84. The molecule has 0 heterocycles. The van der Waals surface area contributed by atoms with Gasteiger partial charge in [0, 0.05) is 19.4 Å². The molecule has 1 rings (SSSR count). The number of unbranched alkanes of at least 4 members (excludes halogenated alkanes) is 4. The molecule has 0 radical (unpaired) electrons. The van der Waals surface area contributed by atoms with E-state index >= 15 is 0 Å². The van der Waals surface area contributed by atoms with Gasteiger partial charge in [-0.05, 0) is 37.0 Å². The van der Waals surface area contributed by atoms with E-state index in [1.807, 2.05) is 12.1 Å². The molecular weight excluding hydrogens is 282 g/mol. The van der Waals surface area contributed by atoms with Crippen molar-refractivity contribution in [1.82, 2.24) is 5.32 Å². The standard InChI is InChI=1S/C17H25NO4/c19-15-10-7-14(8-11-15)9-12-16(20)18-13-5-3-1-2-4-6-17(21)22/h7-8,10-11,19H,1-6,9,12-13H2,(H,18,20)(H,21,22). The molecule has 5 nitrogen and oxygen atoms in total. The number of phenols is 1. The van der Waals surface area contributed by atoms with Crippen molar-refractivity contribution in [1.29, 1.82) is 0 Å². The Hall–Kier alpha value is -2.04. The number of rotatable bonds is 11. The molecule has 22 heavy (non-hydrogen) atoms. The molecule has 1 aromatic rings. The van der Waals surface area contributed by atoms with Gasteiger partial charge >= 0.3 is 5.97 Å². The summed E-state index contributed by atoms with van der Waals surface area (Å²) in [7, 11) is 0. The van der Waals surface area contributed by atoms with E-state index in [1.54, 1.807) is 12.1 Å². The predicted molar refractivity (Wildman–Crippen MR) is 84.8 cm³/mol. The monoisotopic (exact) mass is 307 g/mol. The molecule has 1 amide bonds. The lowest BCUT2D eigenvalue weighted by Crippen LogP contribution is -2.24. The SMILES string of the molecule is O=C(O)CCCCCCCNC(=O)CCc1ccc(O)cc1. The van der Waals surface area contributed by atoms with E-state index in [4.69, 9.17) is 5.11 Å². The van der Waals surface area contributed by atoms with Gasteiger partial charge < -0.3 is 15.5 Å². The summed E-state index contributed by atoms with van der Waals surface area (Å²) >= 11 is 0. The minimum absolute atomic E-state index is 0.0407. The molecule has 0 fully saturated rings. The van der Waals surface area contributed by atoms with Gasteiger partial charge in [0.15, 0.2) is 0 Å². The van der Waals surface area contributed by atoms with Gasteiger partial charge in [-0.2, -0.15) is 0 Å². The van der Waals surface area contributed by atoms with E-state index in [9.17, 15) is 14.7 Å². The first-order chi connectivity index (χ1) is 10.6. The number of hydrogen-bond donors (Lipinski definition) is 3. The number of aromatic hydroxyl groups is 1. The number of carbonyl (C=O) groups is 2. The highest BCUT2D eigenvalue weighted by Gasteiger charge is 2.02. The Balaban J connectivity index is 1.97. The van der Waals surface area contributed by atoms with Gasteiger partial charge in [0.1, 0.15) is 5.75 Å². The molecule has 1 aromatic carbocycles. The van der Waals surface area contributed by atoms with E-state index < -0.39 is 5.97 Å². The third-order valence-electron chi connectivity index (χ3n) is 3.47. The number of aliphatic carboxylic acids is 1. The van der Waals surface area contributed by atoms with Crippen molar-refractivity contribution in [3.8, 4) is 5.75 Å². The Bertz CT molecular complexity index is 456. The topological polar surface area (TPSA) is 86.6 Å². The summed E-state index contributed by atoms with van der Waals surface area (Å²) in [4.78, 5) is 22.0. The zero-order chi connectivity index (χ0) is 16.2. The van der Waals surface area contributed by atoms with Crippen LogP contribution < -0.4 is 5.32 Å². The van der Waals surface area contributed by atoms with Crippen LogP contribution >= 0.6 is 0 Å². The highest BCUT2D eigenvalue weighted by atomic mass is 16.4. The summed E-state index contributed by atoms with van der Waals surface area (Å²) in [6.45, 7) is 0.674. The fourth-order valence-corrected chi connectivity index (χ4v) is 2.17. The number of benzene rings is 1. The van der Waals surface area contributed by atoms with E-state index in [1.165, 1.54) is 0 Å². The molecule has 3 N–H and O–H groups in total. The molecule has 0 aliphatic rings. The van der Waals surface area contributed by atoms with Crippen LogP contribution in [0.25, 0.3) is 0 Å². The van der Waals surface area contributed by atoms with Crippen LogP contribution in [0.3, 0.4) is 0 Å². The second-order valence-electron chi connectivity index (χ2n) is 5.43. The van der Waals surface area contributed by atoms with Crippen LogP contribution in [-0.4, -0.2) is 28.6 Å². The van der Waals surface area contributed by atoms with Gasteiger partial charge in [0.05, 0.1) is 0 Å². The van der Waals surface area contributed by atoms with E-state index in [2.05, 4.69) is 5.32 Å². The summed E-state index contributed by atoms with van der Waals surface area (Å²) in [6, 6.07) is 6.88. The van der Waals surface area contributed by atoms with E-state index in [0.717, 1.165) is 37.7 Å². The molecule has 0 aliphatic carbocycles. The second kappa shape index (κ2) is 10.7. The minimum Gasteiger partial charge on any atom is -0.508 e. The summed E-state index contributed by atoms with van der Waals surface area (Å²) in [5, 5.41) is 20.6. The molecule has 0 atom stereocenters. The van der Waals surface area contributed by atoms with Crippen molar-refractivity contribution in [2.45, 2.75) is 51.4 Å². The molecule has 0 saturated heterocycles. The lowest BCUT2D eigenvalue weighted by molar-refractivity contribution is -0.137. The maximum Gasteiger partial charge on any atom is 0.303 e. The quantitative estimate of drug-likeness (QED) is 0.549. The van der Waals surface area contributed by atoms with Crippen LogP contribution in [0, 0.1) is 0 Å². The maximum absolute atomic E-state index is 11.7. The lowest BCUT2D eigenvalue weighted by atomic mass is 10.1. The molecular formula is C17H25NO4. The number of nitrogens with one attached hydrogen (secondary N) is 1. The number of aryl methyl sites for hydroxylation is 1. The van der Waals surface area contributed by atoms with Gasteiger partial charge in [-0.1, -0.05) is 31.4 Å². The van der Waals surface area contributed by atoms with Crippen molar-refractivity contribution in [3.05, 3.63) is 29.8 Å². The molecule has 0 aromatic heterocycles. The molecule has 5 heteroatoms. The van der Waals surface area contributed by atoms with Crippen molar-refractivity contribution in [3.63, 3.8) is 0 Å². The van der Waals surface area contributed by atoms with Gasteiger partial charge in [-0.25, -0.2) is 0 Å². The summed E-state index contributed by atoms with van der Waals surface area (Å²) in [5.74, 6) is -0.462. The maximum atomic E-state index is 11.7. The van der Waals surface area contributed by atoms with Crippen molar-refractivity contribution in [2.75, 3.05) is 6.54 Å². The normalized spacial score (nSPS) is 10.4.